The molecule has 3 heterocycles. The second-order valence-corrected chi connectivity index (χ2v) is 5.93. The van der Waals surface area contributed by atoms with Crippen LogP contribution < -0.4 is 16.0 Å². The average molecular weight is 328 g/mol. The summed E-state index contributed by atoms with van der Waals surface area (Å²) in [6.45, 7) is 3.36. The topological polar surface area (TPSA) is 83.9 Å². The Kier molecular flexibility index (Phi) is 5.79. The van der Waals surface area contributed by atoms with Gasteiger partial charge < -0.3 is 16.0 Å². The van der Waals surface area contributed by atoms with Crippen molar-refractivity contribution in [2.24, 2.45) is 0 Å². The first kappa shape index (κ1) is 16.4. The molecule has 0 saturated carbocycles. The standard InChI is InChI=1S/C17H24N6O/c24-17(21-11-4-10-20-16-6-1-2-9-19-16)15-7-12-23(22-15)14-5-3-8-18-13-14/h1-2,6-7,9,12,14,18H,3-5,8,10-11,13H2,(H,19,20)(H,21,24). The van der Waals surface area contributed by atoms with Crippen LogP contribution in [0.5, 0.6) is 0 Å². The van der Waals surface area contributed by atoms with Crippen molar-refractivity contribution in [3.63, 3.8) is 0 Å². The molecule has 1 unspecified atom stereocenters. The quantitative estimate of drug-likeness (QED) is 0.670. The van der Waals surface area contributed by atoms with Gasteiger partial charge in [-0.3, -0.25) is 9.48 Å². The van der Waals surface area contributed by atoms with Crippen LogP contribution in [0.3, 0.4) is 0 Å². The monoisotopic (exact) mass is 328 g/mol. The molecule has 1 amide bonds. The van der Waals surface area contributed by atoms with Crippen molar-refractivity contribution in [3.05, 3.63) is 42.4 Å². The third-order valence-electron chi connectivity index (χ3n) is 4.10. The fourth-order valence-electron chi connectivity index (χ4n) is 2.79. The van der Waals surface area contributed by atoms with Gasteiger partial charge in [-0.1, -0.05) is 6.07 Å². The maximum Gasteiger partial charge on any atom is 0.271 e. The lowest BCUT2D eigenvalue weighted by Crippen LogP contribution is -2.32. The maximum absolute atomic E-state index is 12.1. The molecular formula is C17H24N6O. The molecule has 1 fully saturated rings. The second kappa shape index (κ2) is 8.44. The molecule has 0 spiro atoms. The zero-order valence-corrected chi connectivity index (χ0v) is 13.7. The third-order valence-corrected chi connectivity index (χ3v) is 4.10. The molecule has 0 radical (unpaired) electrons. The van der Waals surface area contributed by atoms with E-state index in [4.69, 9.17) is 0 Å². The highest BCUT2D eigenvalue weighted by Gasteiger charge is 2.17. The fourth-order valence-corrected chi connectivity index (χ4v) is 2.79. The van der Waals surface area contributed by atoms with Gasteiger partial charge in [-0.15, -0.1) is 0 Å². The smallest absolute Gasteiger partial charge is 0.271 e. The largest absolute Gasteiger partial charge is 0.370 e. The van der Waals surface area contributed by atoms with E-state index < -0.39 is 0 Å². The fraction of sp³-hybridized carbons (Fsp3) is 0.471. The van der Waals surface area contributed by atoms with Crippen LogP contribution in [0.15, 0.2) is 36.7 Å². The Morgan fingerprint density at radius 2 is 2.29 bits per heavy atom. The van der Waals surface area contributed by atoms with Gasteiger partial charge in [0.05, 0.1) is 6.04 Å². The van der Waals surface area contributed by atoms with E-state index in [1.807, 2.05) is 29.1 Å². The molecule has 3 N–H and O–H groups in total. The Balaban J connectivity index is 1.38. The van der Waals surface area contributed by atoms with Gasteiger partial charge in [0.1, 0.15) is 11.5 Å². The van der Waals surface area contributed by atoms with Crippen molar-refractivity contribution in [2.75, 3.05) is 31.5 Å². The van der Waals surface area contributed by atoms with E-state index in [1.165, 1.54) is 0 Å². The second-order valence-electron chi connectivity index (χ2n) is 5.93. The summed E-state index contributed by atoms with van der Waals surface area (Å²) >= 11 is 0. The van der Waals surface area contributed by atoms with Gasteiger partial charge >= 0.3 is 0 Å². The van der Waals surface area contributed by atoms with Gasteiger partial charge in [0.25, 0.3) is 5.91 Å². The number of amides is 1. The molecular weight excluding hydrogens is 304 g/mol. The van der Waals surface area contributed by atoms with E-state index in [0.29, 0.717) is 18.3 Å². The zero-order chi connectivity index (χ0) is 16.6. The van der Waals surface area contributed by atoms with E-state index in [0.717, 1.165) is 44.7 Å². The number of nitrogens with zero attached hydrogens (tertiary/aromatic N) is 3. The first-order valence-corrected chi connectivity index (χ1v) is 8.52. The van der Waals surface area contributed by atoms with Crippen molar-refractivity contribution in [1.29, 1.82) is 0 Å². The average Bonchev–Trinajstić information content (AvgIpc) is 3.13. The number of pyridine rings is 1. The Morgan fingerprint density at radius 3 is 3.08 bits per heavy atom. The summed E-state index contributed by atoms with van der Waals surface area (Å²) in [5, 5.41) is 13.9. The number of carbonyl (C=O) groups excluding carboxylic acids is 1. The van der Waals surface area contributed by atoms with Crippen LogP contribution in [0.2, 0.25) is 0 Å². The molecule has 3 rings (SSSR count). The van der Waals surface area contributed by atoms with Crippen LogP contribution in [0, 0.1) is 0 Å². The van der Waals surface area contributed by atoms with Gasteiger partial charge in [-0.2, -0.15) is 5.10 Å². The lowest BCUT2D eigenvalue weighted by atomic mass is 10.1. The van der Waals surface area contributed by atoms with Crippen molar-refractivity contribution in [3.8, 4) is 0 Å². The summed E-state index contributed by atoms with van der Waals surface area (Å²) in [4.78, 5) is 16.3. The number of hydrogen-bond donors (Lipinski definition) is 3. The summed E-state index contributed by atoms with van der Waals surface area (Å²) in [5.74, 6) is 0.735. The van der Waals surface area contributed by atoms with Crippen molar-refractivity contribution in [2.45, 2.75) is 25.3 Å². The molecule has 1 aliphatic rings. The molecule has 0 aromatic carbocycles. The highest BCUT2D eigenvalue weighted by atomic mass is 16.1. The summed E-state index contributed by atoms with van der Waals surface area (Å²) in [6, 6.07) is 7.88. The number of piperidine rings is 1. The van der Waals surface area contributed by atoms with E-state index in [-0.39, 0.29) is 5.91 Å². The molecule has 0 aliphatic carbocycles. The van der Waals surface area contributed by atoms with Gasteiger partial charge in [0.15, 0.2) is 0 Å². The number of carbonyl (C=O) groups is 1. The van der Waals surface area contributed by atoms with Crippen LogP contribution in [0.1, 0.15) is 35.8 Å². The summed E-state index contributed by atoms with van der Waals surface area (Å²) in [7, 11) is 0. The Hall–Kier alpha value is -2.41. The minimum Gasteiger partial charge on any atom is -0.370 e. The van der Waals surface area contributed by atoms with Crippen LogP contribution in [-0.2, 0) is 0 Å². The number of hydrogen-bond acceptors (Lipinski definition) is 5. The summed E-state index contributed by atoms with van der Waals surface area (Å²) in [5.41, 5.74) is 0.484. The highest BCUT2D eigenvalue weighted by Crippen LogP contribution is 2.15. The van der Waals surface area contributed by atoms with Crippen LogP contribution >= 0.6 is 0 Å². The SMILES string of the molecule is O=C(NCCCNc1ccccn1)c1ccn(C2CCCNC2)n1. The number of nitrogens with one attached hydrogen (secondary N) is 3. The van der Waals surface area contributed by atoms with Crippen molar-refractivity contribution >= 4 is 11.7 Å². The molecule has 1 saturated heterocycles. The maximum atomic E-state index is 12.1. The van der Waals surface area contributed by atoms with E-state index >= 15 is 0 Å². The third kappa shape index (κ3) is 4.55. The number of anilines is 1. The van der Waals surface area contributed by atoms with E-state index in [2.05, 4.69) is 26.0 Å². The van der Waals surface area contributed by atoms with E-state index in [9.17, 15) is 4.79 Å². The molecule has 24 heavy (non-hydrogen) atoms. The van der Waals surface area contributed by atoms with E-state index in [1.54, 1.807) is 12.3 Å². The lowest BCUT2D eigenvalue weighted by Gasteiger charge is -2.22. The van der Waals surface area contributed by atoms with Gasteiger partial charge in [-0.25, -0.2) is 4.98 Å². The van der Waals surface area contributed by atoms with Crippen LogP contribution in [0.4, 0.5) is 5.82 Å². The van der Waals surface area contributed by atoms with Gasteiger partial charge in [0, 0.05) is 32.0 Å². The lowest BCUT2D eigenvalue weighted by molar-refractivity contribution is 0.0947. The first-order chi connectivity index (χ1) is 11.8. The summed E-state index contributed by atoms with van der Waals surface area (Å²) < 4.78 is 1.91. The molecule has 1 atom stereocenters. The molecule has 2 aromatic heterocycles. The molecule has 7 nitrogen and oxygen atoms in total. The Morgan fingerprint density at radius 1 is 1.33 bits per heavy atom. The van der Waals surface area contributed by atoms with Crippen LogP contribution in [-0.4, -0.2) is 46.9 Å². The normalized spacial score (nSPS) is 17.4. The van der Waals surface area contributed by atoms with Gasteiger partial charge in [-0.05, 0) is 44.0 Å². The predicted octanol–water partition coefficient (Wildman–Crippen LogP) is 1.43. The van der Waals surface area contributed by atoms with Gasteiger partial charge in [0.2, 0.25) is 0 Å². The highest BCUT2D eigenvalue weighted by molar-refractivity contribution is 5.92. The number of rotatable bonds is 7. The minimum absolute atomic E-state index is 0.115. The molecule has 2 aromatic rings. The van der Waals surface area contributed by atoms with Crippen molar-refractivity contribution < 1.29 is 4.79 Å². The first-order valence-electron chi connectivity index (χ1n) is 8.52. The number of aromatic nitrogens is 3. The molecule has 7 heteroatoms. The summed E-state index contributed by atoms with van der Waals surface area (Å²) in [6.07, 6.45) is 6.73. The predicted molar refractivity (Wildman–Crippen MR) is 93.0 cm³/mol. The van der Waals surface area contributed by atoms with Crippen LogP contribution in [0.25, 0.3) is 0 Å². The molecule has 128 valence electrons. The Labute approximate surface area is 141 Å². The molecule has 1 aliphatic heterocycles. The minimum atomic E-state index is -0.115. The molecule has 0 bridgehead atoms. The zero-order valence-electron chi connectivity index (χ0n) is 13.7. The Bertz CT molecular complexity index is 636. The van der Waals surface area contributed by atoms with Crippen molar-refractivity contribution in [1.82, 2.24) is 25.4 Å².